The molecule has 3 heteroatoms. The van der Waals surface area contributed by atoms with Crippen LogP contribution >= 0.6 is 0 Å². The van der Waals surface area contributed by atoms with Crippen LogP contribution in [0.3, 0.4) is 0 Å². The molecule has 0 N–H and O–H groups in total. The highest BCUT2D eigenvalue weighted by Gasteiger charge is 2.09. The topological polar surface area (TPSA) is 35.5 Å². The molecule has 0 aliphatic carbocycles. The van der Waals surface area contributed by atoms with Crippen molar-refractivity contribution in [2.45, 2.75) is 13.8 Å². The maximum atomic E-state index is 11.9. The molecule has 0 aliphatic rings. The number of esters is 1. The van der Waals surface area contributed by atoms with Crippen molar-refractivity contribution >= 4 is 5.97 Å². The smallest absolute Gasteiger partial charge is 0.343 e. The maximum Gasteiger partial charge on any atom is 0.343 e. The number of carbonyl (C=O) groups excluding carboxylic acids is 1. The van der Waals surface area contributed by atoms with Crippen molar-refractivity contribution in [3.05, 3.63) is 59.2 Å². The second kappa shape index (κ2) is 5.57. The van der Waals surface area contributed by atoms with Crippen LogP contribution in [0.15, 0.2) is 42.5 Å². The zero-order chi connectivity index (χ0) is 13.8. The van der Waals surface area contributed by atoms with Gasteiger partial charge >= 0.3 is 5.97 Å². The monoisotopic (exact) mass is 256 g/mol. The SMILES string of the molecule is COc1ccc(C(=O)Oc2ccc(C)c(C)c2)cc1. The molecule has 0 fully saturated rings. The summed E-state index contributed by atoms with van der Waals surface area (Å²) < 4.78 is 10.4. The third-order valence-corrected chi connectivity index (χ3v) is 3.01. The standard InChI is InChI=1S/C16H16O3/c1-11-4-7-15(10-12(11)2)19-16(17)13-5-8-14(18-3)9-6-13/h4-10H,1-3H3. The van der Waals surface area contributed by atoms with Gasteiger partial charge in [-0.1, -0.05) is 6.07 Å². The number of benzene rings is 2. The Morgan fingerprint density at radius 2 is 1.53 bits per heavy atom. The van der Waals surface area contributed by atoms with E-state index in [9.17, 15) is 4.79 Å². The normalized spacial score (nSPS) is 10.1. The number of aryl methyl sites for hydroxylation is 2. The van der Waals surface area contributed by atoms with E-state index in [4.69, 9.17) is 9.47 Å². The lowest BCUT2D eigenvalue weighted by atomic mass is 10.1. The molecule has 0 aliphatic heterocycles. The lowest BCUT2D eigenvalue weighted by Crippen LogP contribution is -2.08. The van der Waals surface area contributed by atoms with Gasteiger partial charge in [-0.2, -0.15) is 0 Å². The first-order valence-electron chi connectivity index (χ1n) is 6.03. The Morgan fingerprint density at radius 1 is 0.895 bits per heavy atom. The molecule has 0 saturated carbocycles. The number of methoxy groups -OCH3 is 1. The average molecular weight is 256 g/mol. The van der Waals surface area contributed by atoms with Crippen LogP contribution in [-0.4, -0.2) is 13.1 Å². The second-order valence-corrected chi connectivity index (χ2v) is 4.36. The molecule has 0 bridgehead atoms. The Labute approximate surface area is 112 Å². The Hall–Kier alpha value is -2.29. The highest BCUT2D eigenvalue weighted by atomic mass is 16.5. The summed E-state index contributed by atoms with van der Waals surface area (Å²) >= 11 is 0. The van der Waals surface area contributed by atoms with Crippen molar-refractivity contribution in [2.75, 3.05) is 7.11 Å². The summed E-state index contributed by atoms with van der Waals surface area (Å²) in [5.74, 6) is 0.901. The number of hydrogen-bond acceptors (Lipinski definition) is 3. The molecular weight excluding hydrogens is 240 g/mol. The van der Waals surface area contributed by atoms with Crippen LogP contribution in [0.2, 0.25) is 0 Å². The molecule has 0 saturated heterocycles. The van der Waals surface area contributed by atoms with Gasteiger partial charge in [-0.05, 0) is 61.4 Å². The quantitative estimate of drug-likeness (QED) is 0.622. The van der Waals surface area contributed by atoms with Crippen molar-refractivity contribution in [3.63, 3.8) is 0 Å². The highest BCUT2D eigenvalue weighted by molar-refractivity contribution is 5.91. The predicted octanol–water partition coefficient (Wildman–Crippen LogP) is 3.53. The third kappa shape index (κ3) is 3.13. The van der Waals surface area contributed by atoms with Gasteiger partial charge < -0.3 is 9.47 Å². The summed E-state index contributed by atoms with van der Waals surface area (Å²) in [5.41, 5.74) is 2.77. The predicted molar refractivity (Wildman–Crippen MR) is 73.9 cm³/mol. The van der Waals surface area contributed by atoms with Gasteiger partial charge in [-0.3, -0.25) is 0 Å². The van der Waals surface area contributed by atoms with Crippen molar-refractivity contribution in [2.24, 2.45) is 0 Å². The van der Waals surface area contributed by atoms with Gasteiger partial charge in [0.1, 0.15) is 11.5 Å². The fourth-order valence-electron chi connectivity index (χ4n) is 1.67. The fraction of sp³-hybridized carbons (Fsp3) is 0.188. The van der Waals surface area contributed by atoms with Crippen LogP contribution in [-0.2, 0) is 0 Å². The highest BCUT2D eigenvalue weighted by Crippen LogP contribution is 2.18. The second-order valence-electron chi connectivity index (χ2n) is 4.36. The van der Waals surface area contributed by atoms with Crippen molar-refractivity contribution in [1.29, 1.82) is 0 Å². The van der Waals surface area contributed by atoms with Gasteiger partial charge in [-0.15, -0.1) is 0 Å². The molecule has 0 atom stereocenters. The van der Waals surface area contributed by atoms with Crippen molar-refractivity contribution in [1.82, 2.24) is 0 Å². The average Bonchev–Trinajstić information content (AvgIpc) is 2.43. The molecule has 98 valence electrons. The summed E-state index contributed by atoms with van der Waals surface area (Å²) in [6.07, 6.45) is 0. The number of rotatable bonds is 3. The van der Waals surface area contributed by atoms with E-state index in [1.165, 1.54) is 5.56 Å². The lowest BCUT2D eigenvalue weighted by molar-refractivity contribution is 0.0734. The van der Waals surface area contributed by atoms with Crippen molar-refractivity contribution in [3.8, 4) is 11.5 Å². The van der Waals surface area contributed by atoms with Crippen LogP contribution in [0, 0.1) is 13.8 Å². The molecule has 3 nitrogen and oxygen atoms in total. The fourth-order valence-corrected chi connectivity index (χ4v) is 1.67. The van der Waals surface area contributed by atoms with E-state index in [2.05, 4.69) is 0 Å². The molecule has 19 heavy (non-hydrogen) atoms. The summed E-state index contributed by atoms with van der Waals surface area (Å²) in [4.78, 5) is 11.9. The van der Waals surface area contributed by atoms with Gasteiger partial charge in [0.25, 0.3) is 0 Å². The molecule has 0 heterocycles. The zero-order valence-corrected chi connectivity index (χ0v) is 11.3. The Balaban J connectivity index is 2.13. The van der Waals surface area contributed by atoms with E-state index >= 15 is 0 Å². The molecule has 0 aromatic heterocycles. The molecular formula is C16H16O3. The summed E-state index contributed by atoms with van der Waals surface area (Å²) in [6, 6.07) is 12.4. The van der Waals surface area contributed by atoms with Crippen LogP contribution in [0.4, 0.5) is 0 Å². The summed E-state index contributed by atoms with van der Waals surface area (Å²) in [6.45, 7) is 4.00. The molecule has 0 amide bonds. The third-order valence-electron chi connectivity index (χ3n) is 3.01. The van der Waals surface area contributed by atoms with E-state index in [1.807, 2.05) is 26.0 Å². The van der Waals surface area contributed by atoms with Crippen molar-refractivity contribution < 1.29 is 14.3 Å². The van der Waals surface area contributed by atoms with E-state index in [0.717, 1.165) is 5.56 Å². The Kier molecular flexibility index (Phi) is 3.85. The lowest BCUT2D eigenvalue weighted by Gasteiger charge is -2.07. The summed E-state index contributed by atoms with van der Waals surface area (Å²) in [7, 11) is 1.59. The molecule has 0 spiro atoms. The van der Waals surface area contributed by atoms with E-state index < -0.39 is 0 Å². The van der Waals surface area contributed by atoms with Crippen LogP contribution in [0.25, 0.3) is 0 Å². The first kappa shape index (κ1) is 13.1. The van der Waals surface area contributed by atoms with Gasteiger partial charge in [0.15, 0.2) is 0 Å². The minimum absolute atomic E-state index is 0.370. The van der Waals surface area contributed by atoms with Crippen LogP contribution in [0.5, 0.6) is 11.5 Å². The number of hydrogen-bond donors (Lipinski definition) is 0. The zero-order valence-electron chi connectivity index (χ0n) is 11.3. The van der Waals surface area contributed by atoms with E-state index in [0.29, 0.717) is 17.1 Å². The van der Waals surface area contributed by atoms with Gasteiger partial charge in [-0.25, -0.2) is 4.79 Å². The first-order chi connectivity index (χ1) is 9.10. The molecule has 2 aromatic rings. The molecule has 2 aromatic carbocycles. The number of carbonyl (C=O) groups is 1. The summed E-state index contributed by atoms with van der Waals surface area (Å²) in [5, 5.41) is 0. The van der Waals surface area contributed by atoms with E-state index in [-0.39, 0.29) is 5.97 Å². The first-order valence-corrected chi connectivity index (χ1v) is 6.03. The van der Waals surface area contributed by atoms with Gasteiger partial charge in [0.2, 0.25) is 0 Å². The Bertz CT molecular complexity index is 585. The molecule has 2 rings (SSSR count). The number of ether oxygens (including phenoxy) is 2. The molecule has 0 unspecified atom stereocenters. The van der Waals surface area contributed by atoms with Crippen LogP contribution < -0.4 is 9.47 Å². The Morgan fingerprint density at radius 3 is 2.11 bits per heavy atom. The molecule has 0 radical (unpaired) electrons. The largest absolute Gasteiger partial charge is 0.497 e. The maximum absolute atomic E-state index is 11.9. The van der Waals surface area contributed by atoms with Gasteiger partial charge in [0.05, 0.1) is 12.7 Å². The van der Waals surface area contributed by atoms with Gasteiger partial charge in [0, 0.05) is 0 Å². The minimum Gasteiger partial charge on any atom is -0.497 e. The van der Waals surface area contributed by atoms with Crippen LogP contribution in [0.1, 0.15) is 21.5 Å². The minimum atomic E-state index is -0.370. The van der Waals surface area contributed by atoms with E-state index in [1.54, 1.807) is 37.4 Å².